The van der Waals surface area contributed by atoms with Crippen molar-refractivity contribution in [3.8, 4) is 5.95 Å². The molecule has 1 N–H and O–H groups in total. The number of carbonyl (C=O) groups excluding carboxylic acids is 1. The van der Waals surface area contributed by atoms with Crippen molar-refractivity contribution in [2.45, 2.75) is 32.6 Å². The normalized spacial score (nSPS) is 16.3. The highest BCUT2D eigenvalue weighted by Crippen LogP contribution is 2.36. The zero-order valence-corrected chi connectivity index (χ0v) is 16.2. The molecule has 0 saturated carbocycles. The summed E-state index contributed by atoms with van der Waals surface area (Å²) < 4.78 is 1.71. The Hall–Kier alpha value is -2.73. The molecule has 3 aromatic rings. The molecule has 1 aromatic carbocycles. The second-order valence-corrected chi connectivity index (χ2v) is 7.30. The van der Waals surface area contributed by atoms with Gasteiger partial charge in [0.2, 0.25) is 0 Å². The monoisotopic (exact) mass is 381 g/mol. The van der Waals surface area contributed by atoms with E-state index in [9.17, 15) is 4.79 Å². The molecule has 2 heterocycles. The zero-order valence-electron chi connectivity index (χ0n) is 15.5. The highest BCUT2D eigenvalue weighted by molar-refractivity contribution is 6.30. The number of hydrogen-bond donors (Lipinski definition) is 1. The fourth-order valence-corrected chi connectivity index (χ4v) is 3.80. The van der Waals surface area contributed by atoms with E-state index in [4.69, 9.17) is 11.6 Å². The molecule has 6 nitrogen and oxygen atoms in total. The first kappa shape index (κ1) is 17.7. The van der Waals surface area contributed by atoms with Crippen LogP contribution in [0.4, 0.5) is 5.82 Å². The summed E-state index contributed by atoms with van der Waals surface area (Å²) >= 11 is 6.01. The Morgan fingerprint density at radius 3 is 2.41 bits per heavy atom. The Morgan fingerprint density at radius 1 is 1.11 bits per heavy atom. The highest BCUT2D eigenvalue weighted by Gasteiger charge is 2.33. The molecule has 27 heavy (non-hydrogen) atoms. The maximum Gasteiger partial charge on any atom is 0.251 e. The van der Waals surface area contributed by atoms with E-state index >= 15 is 0 Å². The molecule has 0 fully saturated rings. The van der Waals surface area contributed by atoms with Crippen LogP contribution in [0.3, 0.4) is 0 Å². The number of nitrogens with one attached hydrogen (secondary N) is 1. The maximum absolute atomic E-state index is 12.9. The summed E-state index contributed by atoms with van der Waals surface area (Å²) in [6.45, 7) is 3.85. The molecule has 0 aliphatic heterocycles. The fourth-order valence-electron chi connectivity index (χ4n) is 3.68. The van der Waals surface area contributed by atoms with Crippen LogP contribution >= 0.6 is 11.6 Å². The SMILES string of the molecule is CNc1nn(-c2nc(C)cc(C)n2)c2c1C(=O)C[C@H](c1ccc(Cl)cc1)C2. The molecule has 0 radical (unpaired) electrons. The molecule has 2 aromatic heterocycles. The van der Waals surface area contributed by atoms with Gasteiger partial charge in [0.05, 0.1) is 11.3 Å². The third kappa shape index (κ3) is 3.21. The topological polar surface area (TPSA) is 72.7 Å². The highest BCUT2D eigenvalue weighted by atomic mass is 35.5. The Morgan fingerprint density at radius 2 is 1.78 bits per heavy atom. The molecule has 0 saturated heterocycles. The Balaban J connectivity index is 1.83. The quantitative estimate of drug-likeness (QED) is 0.745. The third-order valence-electron chi connectivity index (χ3n) is 4.87. The van der Waals surface area contributed by atoms with Crippen molar-refractivity contribution in [3.05, 3.63) is 63.6 Å². The largest absolute Gasteiger partial charge is 0.371 e. The molecule has 1 aliphatic rings. The molecule has 138 valence electrons. The number of nitrogens with zero attached hydrogens (tertiary/aromatic N) is 4. The second kappa shape index (κ2) is 6.78. The zero-order chi connectivity index (χ0) is 19.1. The summed E-state index contributed by atoms with van der Waals surface area (Å²) in [6.07, 6.45) is 1.14. The summed E-state index contributed by atoms with van der Waals surface area (Å²) in [5.41, 5.74) is 4.32. The number of rotatable bonds is 3. The number of carbonyl (C=O) groups is 1. The van der Waals surface area contributed by atoms with Gasteiger partial charge in [-0.15, -0.1) is 5.10 Å². The van der Waals surface area contributed by atoms with Crippen molar-refractivity contribution in [2.24, 2.45) is 0 Å². The number of halogens is 1. The number of anilines is 1. The van der Waals surface area contributed by atoms with Gasteiger partial charge >= 0.3 is 0 Å². The van der Waals surface area contributed by atoms with E-state index in [1.807, 2.05) is 44.2 Å². The number of aromatic nitrogens is 4. The Labute approximate surface area is 162 Å². The van der Waals surface area contributed by atoms with Gasteiger partial charge in [-0.05, 0) is 49.9 Å². The van der Waals surface area contributed by atoms with Crippen LogP contribution in [0.1, 0.15) is 45.3 Å². The maximum atomic E-state index is 12.9. The lowest BCUT2D eigenvalue weighted by molar-refractivity contribution is 0.0964. The standard InChI is InChI=1S/C20H20ClN5O/c1-11-8-12(2)24-20(23-11)26-16-9-14(13-4-6-15(21)7-5-13)10-17(27)18(16)19(22-3)25-26/h4-8,14H,9-10H2,1-3H3,(H,22,25)/t14-/m1/s1. The van der Waals surface area contributed by atoms with Gasteiger partial charge in [-0.2, -0.15) is 0 Å². The lowest BCUT2D eigenvalue weighted by atomic mass is 9.82. The van der Waals surface area contributed by atoms with Crippen LogP contribution in [0.25, 0.3) is 5.95 Å². The molecule has 7 heteroatoms. The van der Waals surface area contributed by atoms with Crippen LogP contribution in [0.5, 0.6) is 0 Å². The summed E-state index contributed by atoms with van der Waals surface area (Å²) in [6, 6.07) is 9.61. The number of ketones is 1. The van der Waals surface area contributed by atoms with Crippen LogP contribution < -0.4 is 5.32 Å². The van der Waals surface area contributed by atoms with Crippen LogP contribution in [0.2, 0.25) is 5.02 Å². The predicted molar refractivity (Wildman–Crippen MR) is 105 cm³/mol. The van der Waals surface area contributed by atoms with Crippen molar-refractivity contribution in [1.82, 2.24) is 19.7 Å². The van der Waals surface area contributed by atoms with Crippen LogP contribution in [0.15, 0.2) is 30.3 Å². The predicted octanol–water partition coefficient (Wildman–Crippen LogP) is 3.89. The van der Waals surface area contributed by atoms with Crippen LogP contribution in [-0.4, -0.2) is 32.6 Å². The van der Waals surface area contributed by atoms with E-state index < -0.39 is 0 Å². The number of benzene rings is 1. The van der Waals surface area contributed by atoms with Crippen molar-refractivity contribution in [1.29, 1.82) is 0 Å². The average Bonchev–Trinajstić information content (AvgIpc) is 3.01. The number of Topliss-reactive ketones (excluding diaryl/α,β-unsaturated/α-hetero) is 1. The third-order valence-corrected chi connectivity index (χ3v) is 5.12. The number of aryl methyl sites for hydroxylation is 2. The van der Waals surface area contributed by atoms with Gasteiger partial charge in [-0.3, -0.25) is 4.79 Å². The number of hydrogen-bond acceptors (Lipinski definition) is 5. The lowest BCUT2D eigenvalue weighted by Crippen LogP contribution is -2.21. The van der Waals surface area contributed by atoms with Crippen molar-refractivity contribution >= 4 is 23.2 Å². The van der Waals surface area contributed by atoms with E-state index in [1.165, 1.54) is 0 Å². The molecule has 0 amide bonds. The molecule has 1 atom stereocenters. The minimum Gasteiger partial charge on any atom is -0.371 e. The summed E-state index contributed by atoms with van der Waals surface area (Å²) in [7, 11) is 1.77. The van der Waals surface area contributed by atoms with Gasteiger partial charge < -0.3 is 5.32 Å². The van der Waals surface area contributed by atoms with E-state index in [2.05, 4.69) is 20.4 Å². The minimum absolute atomic E-state index is 0.0772. The second-order valence-electron chi connectivity index (χ2n) is 6.86. The van der Waals surface area contributed by atoms with Crippen molar-refractivity contribution < 1.29 is 4.79 Å². The van der Waals surface area contributed by atoms with E-state index in [1.54, 1.807) is 11.7 Å². The number of fused-ring (bicyclic) bond motifs is 1. The Kier molecular flexibility index (Phi) is 4.44. The van der Waals surface area contributed by atoms with Gasteiger partial charge in [-0.25, -0.2) is 14.6 Å². The molecular formula is C20H20ClN5O. The molecule has 0 unspecified atom stereocenters. The summed E-state index contributed by atoms with van der Waals surface area (Å²) in [5.74, 6) is 1.23. The lowest BCUT2D eigenvalue weighted by Gasteiger charge is -2.23. The van der Waals surface area contributed by atoms with Crippen LogP contribution in [0, 0.1) is 13.8 Å². The van der Waals surface area contributed by atoms with Gasteiger partial charge in [0.25, 0.3) is 5.95 Å². The summed E-state index contributed by atoms with van der Waals surface area (Å²) in [4.78, 5) is 22.0. The fraction of sp³-hybridized carbons (Fsp3) is 0.300. The van der Waals surface area contributed by atoms with Gasteiger partial charge in [0.1, 0.15) is 0 Å². The smallest absolute Gasteiger partial charge is 0.251 e. The van der Waals surface area contributed by atoms with Crippen molar-refractivity contribution in [3.63, 3.8) is 0 Å². The average molecular weight is 382 g/mol. The first-order valence-corrected chi connectivity index (χ1v) is 9.25. The molecule has 0 bridgehead atoms. The first-order chi connectivity index (χ1) is 13.0. The van der Waals surface area contributed by atoms with Gasteiger partial charge in [0, 0.05) is 29.9 Å². The summed E-state index contributed by atoms with van der Waals surface area (Å²) in [5, 5.41) is 8.32. The van der Waals surface area contributed by atoms with Crippen molar-refractivity contribution in [2.75, 3.05) is 12.4 Å². The molecule has 0 spiro atoms. The molecule has 1 aliphatic carbocycles. The first-order valence-electron chi connectivity index (χ1n) is 8.87. The van der Waals surface area contributed by atoms with E-state index in [-0.39, 0.29) is 11.7 Å². The van der Waals surface area contributed by atoms with Gasteiger partial charge in [0.15, 0.2) is 11.6 Å². The van der Waals surface area contributed by atoms with E-state index in [0.717, 1.165) is 22.6 Å². The van der Waals surface area contributed by atoms with Gasteiger partial charge in [-0.1, -0.05) is 23.7 Å². The Bertz CT molecular complexity index is 1010. The van der Waals surface area contributed by atoms with E-state index in [0.29, 0.717) is 35.2 Å². The minimum atomic E-state index is 0.0772. The van der Waals surface area contributed by atoms with Crippen LogP contribution in [-0.2, 0) is 6.42 Å². The molecule has 4 rings (SSSR count). The molecular weight excluding hydrogens is 362 g/mol.